The first-order valence-electron chi connectivity index (χ1n) is 7.32. The van der Waals surface area contributed by atoms with Gasteiger partial charge in [0.2, 0.25) is 0 Å². The monoisotopic (exact) mass is 301 g/mol. The van der Waals surface area contributed by atoms with Gasteiger partial charge < -0.3 is 9.84 Å². The maximum absolute atomic E-state index is 12.5. The lowest BCUT2D eigenvalue weighted by Gasteiger charge is -2.27. The highest BCUT2D eigenvalue weighted by molar-refractivity contribution is 6.06. The Kier molecular flexibility index (Phi) is 3.24. The lowest BCUT2D eigenvalue weighted by atomic mass is 9.97. The van der Waals surface area contributed by atoms with Crippen molar-refractivity contribution in [1.29, 1.82) is 0 Å². The van der Waals surface area contributed by atoms with E-state index in [0.29, 0.717) is 6.42 Å². The van der Waals surface area contributed by atoms with E-state index in [2.05, 4.69) is 0 Å². The highest BCUT2D eigenvalue weighted by atomic mass is 16.6. The topological polar surface area (TPSA) is 66.8 Å². The fraction of sp³-hybridized carbons (Fsp3) is 0.412. The number of rotatable bonds is 0. The molecule has 5 nitrogen and oxygen atoms in total. The van der Waals surface area contributed by atoms with Crippen LogP contribution < -0.4 is 0 Å². The van der Waals surface area contributed by atoms with Crippen LogP contribution in [-0.2, 0) is 16.0 Å². The van der Waals surface area contributed by atoms with Crippen LogP contribution >= 0.6 is 0 Å². The first kappa shape index (κ1) is 14.6. The van der Waals surface area contributed by atoms with Crippen molar-refractivity contribution < 1.29 is 19.4 Å². The maximum atomic E-state index is 12.5. The molecule has 1 saturated heterocycles. The molecule has 1 heterocycles. The summed E-state index contributed by atoms with van der Waals surface area (Å²) in [7, 11) is 0. The molecule has 0 bridgehead atoms. The molecule has 0 spiro atoms. The highest BCUT2D eigenvalue weighted by Crippen LogP contribution is 2.49. The third kappa shape index (κ3) is 2.17. The van der Waals surface area contributed by atoms with Gasteiger partial charge in [-0.05, 0) is 38.3 Å². The molecule has 116 valence electrons. The van der Waals surface area contributed by atoms with E-state index in [9.17, 15) is 14.7 Å². The van der Waals surface area contributed by atoms with Gasteiger partial charge in [-0.3, -0.25) is 4.79 Å². The van der Waals surface area contributed by atoms with Crippen molar-refractivity contribution in [2.75, 3.05) is 0 Å². The van der Waals surface area contributed by atoms with Crippen LogP contribution in [0.1, 0.15) is 37.9 Å². The zero-order valence-electron chi connectivity index (χ0n) is 12.9. The summed E-state index contributed by atoms with van der Waals surface area (Å²) in [5, 5.41) is 9.43. The van der Waals surface area contributed by atoms with Crippen LogP contribution in [-0.4, -0.2) is 27.6 Å². The molecule has 0 radical (unpaired) electrons. The molecule has 3 rings (SSSR count). The number of nitrogens with zero attached hydrogens (tertiary/aromatic N) is 1. The summed E-state index contributed by atoms with van der Waals surface area (Å²) in [6.45, 7) is 5.27. The van der Waals surface area contributed by atoms with Crippen molar-refractivity contribution in [2.24, 2.45) is 5.92 Å². The standard InChI is InChI=1S/C17H19NO4/c1-17(2,3)22-16(21)18-14-11-7-5-4-6-10(11)8-12(14)13(9-19)15(18)20/h4-7,9,12,14,19H,8H2,1-3H3/b13-9+/t12-,14-/m1/s1. The third-order valence-electron chi connectivity index (χ3n) is 4.07. The maximum Gasteiger partial charge on any atom is 0.417 e. The minimum absolute atomic E-state index is 0.206. The van der Waals surface area contributed by atoms with Gasteiger partial charge in [0.05, 0.1) is 17.9 Å². The minimum Gasteiger partial charge on any atom is -0.515 e. The number of aliphatic hydroxyl groups excluding tert-OH is 1. The van der Waals surface area contributed by atoms with E-state index in [1.54, 1.807) is 20.8 Å². The Morgan fingerprint density at radius 2 is 2.05 bits per heavy atom. The molecule has 0 saturated carbocycles. The molecule has 1 fully saturated rings. The van der Waals surface area contributed by atoms with Crippen LogP contribution in [0.3, 0.4) is 0 Å². The Labute approximate surface area is 129 Å². The van der Waals surface area contributed by atoms with Gasteiger partial charge >= 0.3 is 6.09 Å². The zero-order valence-corrected chi connectivity index (χ0v) is 12.9. The molecule has 1 N–H and O–H groups in total. The molecule has 5 heteroatoms. The van der Waals surface area contributed by atoms with E-state index in [-0.39, 0.29) is 11.5 Å². The first-order chi connectivity index (χ1) is 10.3. The molecular weight excluding hydrogens is 282 g/mol. The smallest absolute Gasteiger partial charge is 0.417 e. The normalized spacial score (nSPS) is 25.3. The predicted octanol–water partition coefficient (Wildman–Crippen LogP) is 3.12. The quantitative estimate of drug-likeness (QED) is 0.590. The average Bonchev–Trinajstić information content (AvgIpc) is 2.89. The van der Waals surface area contributed by atoms with Gasteiger partial charge in [0.25, 0.3) is 5.91 Å². The molecule has 0 unspecified atom stereocenters. The SMILES string of the molecule is CC(C)(C)OC(=O)N1C(=O)/C(=C/O)[C@H]2Cc3ccccc3[C@H]21. The van der Waals surface area contributed by atoms with Gasteiger partial charge in [0.1, 0.15) is 5.60 Å². The zero-order chi connectivity index (χ0) is 16.1. The summed E-state index contributed by atoms with van der Waals surface area (Å²) in [4.78, 5) is 26.1. The van der Waals surface area contributed by atoms with Gasteiger partial charge in [0.15, 0.2) is 0 Å². The number of fused-ring (bicyclic) bond motifs is 3. The molecule has 2 atom stereocenters. The highest BCUT2D eigenvalue weighted by Gasteiger charge is 2.52. The van der Waals surface area contributed by atoms with Gasteiger partial charge in [-0.2, -0.15) is 0 Å². The molecule has 1 aliphatic carbocycles. The minimum atomic E-state index is -0.684. The van der Waals surface area contributed by atoms with Crippen LogP contribution in [0.25, 0.3) is 0 Å². The van der Waals surface area contributed by atoms with Crippen LogP contribution in [0.15, 0.2) is 36.1 Å². The summed E-state index contributed by atoms with van der Waals surface area (Å²) >= 11 is 0. The Morgan fingerprint density at radius 1 is 1.36 bits per heavy atom. The third-order valence-corrected chi connectivity index (χ3v) is 4.07. The molecule has 1 aromatic rings. The van der Waals surface area contributed by atoms with E-state index >= 15 is 0 Å². The lowest BCUT2D eigenvalue weighted by Crippen LogP contribution is -2.39. The number of hydrogen-bond donors (Lipinski definition) is 1. The average molecular weight is 301 g/mol. The summed E-state index contributed by atoms with van der Waals surface area (Å²) in [5.74, 6) is -0.677. The number of ether oxygens (including phenoxy) is 1. The number of carbonyl (C=O) groups excluding carboxylic acids is 2. The molecule has 2 aliphatic rings. The van der Waals surface area contributed by atoms with Gasteiger partial charge in [-0.15, -0.1) is 0 Å². The molecule has 22 heavy (non-hydrogen) atoms. The first-order valence-corrected chi connectivity index (χ1v) is 7.32. The predicted molar refractivity (Wildman–Crippen MR) is 80.2 cm³/mol. The fourth-order valence-electron chi connectivity index (χ4n) is 3.26. The molecular formula is C17H19NO4. The Bertz CT molecular complexity index is 671. The van der Waals surface area contributed by atoms with Crippen LogP contribution in [0.5, 0.6) is 0 Å². The van der Waals surface area contributed by atoms with Crippen molar-refractivity contribution in [3.05, 3.63) is 47.2 Å². The molecule has 0 aromatic heterocycles. The van der Waals surface area contributed by atoms with Crippen LogP contribution in [0.4, 0.5) is 4.79 Å². The van der Waals surface area contributed by atoms with Crippen LogP contribution in [0.2, 0.25) is 0 Å². The summed E-state index contributed by atoms with van der Waals surface area (Å²) in [6.07, 6.45) is 0.801. The van der Waals surface area contributed by atoms with Crippen molar-refractivity contribution >= 4 is 12.0 Å². The second-order valence-electron chi connectivity index (χ2n) is 6.69. The number of imide groups is 1. The van der Waals surface area contributed by atoms with E-state index in [4.69, 9.17) is 4.74 Å². The molecule has 2 amide bonds. The van der Waals surface area contributed by atoms with Crippen molar-refractivity contribution in [2.45, 2.75) is 38.8 Å². The Hall–Kier alpha value is -2.30. The summed E-state index contributed by atoms with van der Waals surface area (Å²) in [6, 6.07) is 7.34. The number of aliphatic hydroxyl groups is 1. The Balaban J connectivity index is 2.02. The number of carbonyl (C=O) groups is 2. The van der Waals surface area contributed by atoms with Gasteiger partial charge in [-0.25, -0.2) is 9.69 Å². The number of likely N-dealkylation sites (tertiary alicyclic amines) is 1. The van der Waals surface area contributed by atoms with Crippen molar-refractivity contribution in [1.82, 2.24) is 4.90 Å². The van der Waals surface area contributed by atoms with E-state index in [1.807, 2.05) is 24.3 Å². The van der Waals surface area contributed by atoms with Gasteiger partial charge in [-0.1, -0.05) is 24.3 Å². The molecule has 1 aliphatic heterocycles. The second-order valence-corrected chi connectivity index (χ2v) is 6.69. The largest absolute Gasteiger partial charge is 0.515 e. The number of amides is 2. The van der Waals surface area contributed by atoms with E-state index < -0.39 is 23.6 Å². The van der Waals surface area contributed by atoms with Crippen molar-refractivity contribution in [3.8, 4) is 0 Å². The summed E-state index contributed by atoms with van der Waals surface area (Å²) < 4.78 is 5.37. The van der Waals surface area contributed by atoms with E-state index in [1.165, 1.54) is 0 Å². The lowest BCUT2D eigenvalue weighted by molar-refractivity contribution is -0.125. The molecule has 1 aromatic carbocycles. The number of benzene rings is 1. The van der Waals surface area contributed by atoms with Crippen molar-refractivity contribution in [3.63, 3.8) is 0 Å². The summed E-state index contributed by atoms with van der Waals surface area (Å²) in [5.41, 5.74) is 1.63. The van der Waals surface area contributed by atoms with Gasteiger partial charge in [0, 0.05) is 5.92 Å². The van der Waals surface area contributed by atoms with Crippen LogP contribution in [0, 0.1) is 5.92 Å². The second kappa shape index (κ2) is 4.87. The fourth-order valence-corrected chi connectivity index (χ4v) is 3.26. The van der Waals surface area contributed by atoms with E-state index in [0.717, 1.165) is 22.3 Å². The number of hydrogen-bond acceptors (Lipinski definition) is 4. The Morgan fingerprint density at radius 3 is 2.68 bits per heavy atom.